The molecule has 2 aromatic rings. The summed E-state index contributed by atoms with van der Waals surface area (Å²) in [5, 5.41) is 3.42. The Labute approximate surface area is 135 Å². The Morgan fingerprint density at radius 1 is 1.32 bits per heavy atom. The van der Waals surface area contributed by atoms with Crippen molar-refractivity contribution in [3.63, 3.8) is 0 Å². The van der Waals surface area contributed by atoms with Gasteiger partial charge in [0, 0.05) is 11.4 Å². The van der Waals surface area contributed by atoms with E-state index in [-0.39, 0.29) is 11.6 Å². The maximum atomic E-state index is 12.5. The van der Waals surface area contributed by atoms with Crippen molar-refractivity contribution in [1.82, 2.24) is 10.1 Å². The molecule has 0 bridgehead atoms. The molecule has 1 aromatic heterocycles. The Kier molecular flexibility index (Phi) is 5.58. The molecular weight excluding hydrogens is 324 g/mol. The molecule has 0 radical (unpaired) electrons. The number of sulfone groups is 1. The van der Waals surface area contributed by atoms with Gasteiger partial charge in [-0.05, 0) is 25.0 Å². The number of benzene rings is 1. The SMILES string of the molecule is CCCCc1noc([C@H](C)S(=O)(=O)Cc2ccccc2Cl)n1. The normalized spacial score (nSPS) is 13.2. The van der Waals surface area contributed by atoms with Crippen LogP contribution in [-0.4, -0.2) is 18.6 Å². The smallest absolute Gasteiger partial charge is 0.244 e. The monoisotopic (exact) mass is 342 g/mol. The number of rotatable bonds is 7. The van der Waals surface area contributed by atoms with Gasteiger partial charge in [-0.3, -0.25) is 0 Å². The molecule has 0 aliphatic heterocycles. The first-order valence-corrected chi connectivity index (χ1v) is 9.31. The molecule has 0 spiro atoms. The lowest BCUT2D eigenvalue weighted by molar-refractivity contribution is 0.370. The lowest BCUT2D eigenvalue weighted by Crippen LogP contribution is -2.13. The van der Waals surface area contributed by atoms with Crippen LogP contribution in [0.15, 0.2) is 28.8 Å². The van der Waals surface area contributed by atoms with Gasteiger partial charge < -0.3 is 4.52 Å². The molecule has 0 fully saturated rings. The van der Waals surface area contributed by atoms with Crippen molar-refractivity contribution in [2.45, 2.75) is 44.1 Å². The summed E-state index contributed by atoms with van der Waals surface area (Å²) in [5.41, 5.74) is 0.571. The van der Waals surface area contributed by atoms with Gasteiger partial charge in [0.2, 0.25) is 5.89 Å². The number of hydrogen-bond acceptors (Lipinski definition) is 5. The summed E-state index contributed by atoms with van der Waals surface area (Å²) in [7, 11) is -3.48. The molecule has 1 heterocycles. The second-order valence-corrected chi connectivity index (χ2v) is 7.92. The number of aryl methyl sites for hydroxylation is 1. The Morgan fingerprint density at radius 2 is 2.05 bits per heavy atom. The van der Waals surface area contributed by atoms with Gasteiger partial charge in [0.15, 0.2) is 15.7 Å². The standard InChI is InChI=1S/C15H19ClN2O3S/c1-3-4-9-14-17-15(21-18-14)11(2)22(19,20)10-12-7-5-6-8-13(12)16/h5-8,11H,3-4,9-10H2,1-2H3/t11-/m0/s1. The van der Waals surface area contributed by atoms with Crippen molar-refractivity contribution in [3.8, 4) is 0 Å². The highest BCUT2D eigenvalue weighted by atomic mass is 35.5. The van der Waals surface area contributed by atoms with Gasteiger partial charge in [-0.2, -0.15) is 4.98 Å². The number of hydrogen-bond donors (Lipinski definition) is 0. The van der Waals surface area contributed by atoms with Crippen LogP contribution in [0.1, 0.15) is 49.2 Å². The number of unbranched alkanes of at least 4 members (excludes halogenated alkanes) is 1. The molecule has 0 aliphatic carbocycles. The van der Waals surface area contributed by atoms with Crippen molar-refractivity contribution >= 4 is 21.4 Å². The van der Waals surface area contributed by atoms with Gasteiger partial charge in [0.25, 0.3) is 0 Å². The molecule has 0 saturated heterocycles. The molecular formula is C15H19ClN2O3S. The molecule has 5 nitrogen and oxygen atoms in total. The summed E-state index contributed by atoms with van der Waals surface area (Å²) < 4.78 is 30.1. The quantitative estimate of drug-likeness (QED) is 0.766. The van der Waals surface area contributed by atoms with E-state index in [0.29, 0.717) is 22.8 Å². The first-order valence-electron chi connectivity index (χ1n) is 7.21. The minimum Gasteiger partial charge on any atom is -0.338 e. The fourth-order valence-corrected chi connectivity index (χ4v) is 3.60. The van der Waals surface area contributed by atoms with Crippen LogP contribution >= 0.6 is 11.6 Å². The van der Waals surface area contributed by atoms with Gasteiger partial charge in [-0.15, -0.1) is 0 Å². The molecule has 2 rings (SSSR count). The van der Waals surface area contributed by atoms with Crippen LogP contribution < -0.4 is 0 Å². The Balaban J connectivity index is 2.15. The highest BCUT2D eigenvalue weighted by Crippen LogP contribution is 2.26. The topological polar surface area (TPSA) is 73.1 Å². The highest BCUT2D eigenvalue weighted by molar-refractivity contribution is 7.90. The van der Waals surface area contributed by atoms with E-state index < -0.39 is 15.1 Å². The third-order valence-electron chi connectivity index (χ3n) is 3.44. The molecule has 0 N–H and O–H groups in total. The Hall–Kier alpha value is -1.40. The summed E-state index contributed by atoms with van der Waals surface area (Å²) in [5.74, 6) is 0.537. The third kappa shape index (κ3) is 4.08. The molecule has 22 heavy (non-hydrogen) atoms. The Morgan fingerprint density at radius 3 is 2.73 bits per heavy atom. The van der Waals surface area contributed by atoms with Crippen molar-refractivity contribution in [2.75, 3.05) is 0 Å². The molecule has 0 aliphatic rings. The highest BCUT2D eigenvalue weighted by Gasteiger charge is 2.28. The largest absolute Gasteiger partial charge is 0.338 e. The molecule has 0 saturated carbocycles. The first kappa shape index (κ1) is 17.0. The van der Waals surface area contributed by atoms with Gasteiger partial charge in [0.05, 0.1) is 5.75 Å². The molecule has 7 heteroatoms. The van der Waals surface area contributed by atoms with E-state index in [9.17, 15) is 8.42 Å². The van der Waals surface area contributed by atoms with Crippen LogP contribution in [0.5, 0.6) is 0 Å². The van der Waals surface area contributed by atoms with E-state index >= 15 is 0 Å². The van der Waals surface area contributed by atoms with Gasteiger partial charge >= 0.3 is 0 Å². The average Bonchev–Trinajstić information content (AvgIpc) is 2.95. The number of halogens is 1. The van der Waals surface area contributed by atoms with Crippen LogP contribution in [0, 0.1) is 0 Å². The lowest BCUT2D eigenvalue weighted by Gasteiger charge is -2.10. The molecule has 1 atom stereocenters. The fraction of sp³-hybridized carbons (Fsp3) is 0.467. The van der Waals surface area contributed by atoms with E-state index in [1.807, 2.05) is 0 Å². The summed E-state index contributed by atoms with van der Waals surface area (Å²) in [6, 6.07) is 6.90. The van der Waals surface area contributed by atoms with Crippen LogP contribution in [-0.2, 0) is 22.0 Å². The number of aromatic nitrogens is 2. The zero-order valence-electron chi connectivity index (χ0n) is 12.6. The van der Waals surface area contributed by atoms with Crippen molar-refractivity contribution in [2.24, 2.45) is 0 Å². The summed E-state index contributed by atoms with van der Waals surface area (Å²) in [6.45, 7) is 3.63. The van der Waals surface area contributed by atoms with E-state index in [1.165, 1.54) is 0 Å². The van der Waals surface area contributed by atoms with E-state index in [4.69, 9.17) is 16.1 Å². The third-order valence-corrected chi connectivity index (χ3v) is 5.80. The van der Waals surface area contributed by atoms with E-state index in [2.05, 4.69) is 17.1 Å². The van der Waals surface area contributed by atoms with E-state index in [1.54, 1.807) is 31.2 Å². The maximum Gasteiger partial charge on any atom is 0.244 e. The van der Waals surface area contributed by atoms with Crippen LogP contribution in [0.3, 0.4) is 0 Å². The summed E-state index contributed by atoms with van der Waals surface area (Å²) in [6.07, 6.45) is 2.65. The predicted molar refractivity (Wildman–Crippen MR) is 85.4 cm³/mol. The number of nitrogens with zero attached hydrogens (tertiary/aromatic N) is 2. The van der Waals surface area contributed by atoms with Gasteiger partial charge in [-0.1, -0.05) is 48.3 Å². The van der Waals surface area contributed by atoms with Gasteiger partial charge in [0.1, 0.15) is 5.25 Å². The fourth-order valence-electron chi connectivity index (χ4n) is 1.98. The minimum atomic E-state index is -3.48. The van der Waals surface area contributed by atoms with Crippen LogP contribution in [0.2, 0.25) is 5.02 Å². The molecule has 0 unspecified atom stereocenters. The summed E-state index contributed by atoms with van der Waals surface area (Å²) >= 11 is 6.03. The average molecular weight is 343 g/mol. The minimum absolute atomic E-state index is 0.137. The van der Waals surface area contributed by atoms with Crippen molar-refractivity contribution in [3.05, 3.63) is 46.6 Å². The zero-order chi connectivity index (χ0) is 16.2. The second-order valence-electron chi connectivity index (χ2n) is 5.19. The maximum absolute atomic E-state index is 12.5. The molecule has 120 valence electrons. The first-order chi connectivity index (χ1) is 10.4. The lowest BCUT2D eigenvalue weighted by atomic mass is 10.2. The molecule has 0 amide bonds. The predicted octanol–water partition coefficient (Wildman–Crippen LogP) is 3.74. The van der Waals surface area contributed by atoms with E-state index in [0.717, 1.165) is 12.8 Å². The zero-order valence-corrected chi connectivity index (χ0v) is 14.2. The van der Waals surface area contributed by atoms with Crippen molar-refractivity contribution in [1.29, 1.82) is 0 Å². The summed E-state index contributed by atoms with van der Waals surface area (Å²) in [4.78, 5) is 4.19. The van der Waals surface area contributed by atoms with Crippen LogP contribution in [0.4, 0.5) is 0 Å². The molecule has 1 aromatic carbocycles. The second kappa shape index (κ2) is 7.24. The van der Waals surface area contributed by atoms with Crippen LogP contribution in [0.25, 0.3) is 0 Å². The van der Waals surface area contributed by atoms with Gasteiger partial charge in [-0.25, -0.2) is 8.42 Å². The van der Waals surface area contributed by atoms with Crippen molar-refractivity contribution < 1.29 is 12.9 Å². The Bertz CT molecular complexity index is 728.